The second-order valence-corrected chi connectivity index (χ2v) is 8.61. The molecule has 9 nitrogen and oxygen atoms in total. The number of hydrogen-bond acceptors (Lipinski definition) is 6. The number of rotatable bonds is 5. The summed E-state index contributed by atoms with van der Waals surface area (Å²) in [5, 5.41) is 14.8. The SMILES string of the molecule is CCSc1ccccc1C(=O)N1CCN(Cc2nc3ccccc3[nH]2)CC1.O=C(O)C(=O)O. The number of piperazine rings is 1. The van der Waals surface area contributed by atoms with Crippen LogP contribution in [0.25, 0.3) is 11.0 Å². The Kier molecular flexibility index (Phi) is 8.45. The molecule has 0 aliphatic carbocycles. The Bertz CT molecular complexity index is 1080. The molecule has 3 N–H and O–H groups in total. The number of amides is 1. The highest BCUT2D eigenvalue weighted by molar-refractivity contribution is 7.99. The minimum atomic E-state index is -1.82. The van der Waals surface area contributed by atoms with Gasteiger partial charge in [-0.15, -0.1) is 11.8 Å². The number of nitrogens with zero attached hydrogens (tertiary/aromatic N) is 3. The van der Waals surface area contributed by atoms with E-state index in [0.717, 1.165) is 65.8 Å². The zero-order valence-corrected chi connectivity index (χ0v) is 19.0. The van der Waals surface area contributed by atoms with Gasteiger partial charge in [-0.05, 0) is 30.0 Å². The van der Waals surface area contributed by atoms with Gasteiger partial charge in [0.15, 0.2) is 0 Å². The van der Waals surface area contributed by atoms with Crippen molar-refractivity contribution in [1.29, 1.82) is 0 Å². The Morgan fingerprint density at radius 2 is 1.61 bits per heavy atom. The molecule has 3 aromatic rings. The predicted molar refractivity (Wildman–Crippen MR) is 125 cm³/mol. The summed E-state index contributed by atoms with van der Waals surface area (Å²) in [6.07, 6.45) is 0. The van der Waals surface area contributed by atoms with Crippen molar-refractivity contribution < 1.29 is 24.6 Å². The predicted octanol–water partition coefficient (Wildman–Crippen LogP) is 2.79. The number of carboxylic acid groups (broad SMARTS) is 2. The lowest BCUT2D eigenvalue weighted by Crippen LogP contribution is -2.48. The van der Waals surface area contributed by atoms with Gasteiger partial charge in [-0.3, -0.25) is 9.69 Å². The molecule has 33 heavy (non-hydrogen) atoms. The number of fused-ring (bicyclic) bond motifs is 1. The van der Waals surface area contributed by atoms with Crippen molar-refractivity contribution in [3.63, 3.8) is 0 Å². The van der Waals surface area contributed by atoms with E-state index >= 15 is 0 Å². The fourth-order valence-corrected chi connectivity index (χ4v) is 4.29. The molecule has 10 heteroatoms. The highest BCUT2D eigenvalue weighted by Crippen LogP contribution is 2.24. The number of carbonyl (C=O) groups excluding carboxylic acids is 1. The topological polar surface area (TPSA) is 127 Å². The lowest BCUT2D eigenvalue weighted by atomic mass is 10.2. The second kappa shape index (κ2) is 11.5. The number of carbonyl (C=O) groups is 3. The molecule has 1 aromatic heterocycles. The number of benzene rings is 2. The number of H-pyrrole nitrogens is 1. The molecule has 0 saturated carbocycles. The Labute approximate surface area is 195 Å². The number of imidazole rings is 1. The number of para-hydroxylation sites is 2. The van der Waals surface area contributed by atoms with Gasteiger partial charge in [0.25, 0.3) is 5.91 Å². The van der Waals surface area contributed by atoms with E-state index in [1.165, 1.54) is 0 Å². The van der Waals surface area contributed by atoms with Crippen LogP contribution in [0.4, 0.5) is 0 Å². The third-order valence-electron chi connectivity index (χ3n) is 5.07. The average molecular weight is 471 g/mol. The van der Waals surface area contributed by atoms with Crippen molar-refractivity contribution in [2.24, 2.45) is 0 Å². The van der Waals surface area contributed by atoms with Crippen LogP contribution >= 0.6 is 11.8 Å². The number of thioether (sulfide) groups is 1. The van der Waals surface area contributed by atoms with E-state index in [1.807, 2.05) is 53.4 Å². The maximum Gasteiger partial charge on any atom is 0.414 e. The lowest BCUT2D eigenvalue weighted by Gasteiger charge is -2.34. The number of carboxylic acids is 2. The number of aliphatic carboxylic acids is 2. The van der Waals surface area contributed by atoms with Crippen LogP contribution in [0.5, 0.6) is 0 Å². The third kappa shape index (κ3) is 6.56. The van der Waals surface area contributed by atoms with E-state index in [0.29, 0.717) is 0 Å². The first-order valence-corrected chi connectivity index (χ1v) is 11.5. The monoisotopic (exact) mass is 470 g/mol. The van der Waals surface area contributed by atoms with Crippen molar-refractivity contribution in [3.8, 4) is 0 Å². The molecule has 1 aliphatic rings. The highest BCUT2D eigenvalue weighted by atomic mass is 32.2. The molecule has 174 valence electrons. The van der Waals surface area contributed by atoms with Gasteiger partial charge in [0.2, 0.25) is 0 Å². The summed E-state index contributed by atoms with van der Waals surface area (Å²) in [5.41, 5.74) is 2.91. The summed E-state index contributed by atoms with van der Waals surface area (Å²) in [7, 11) is 0. The molecule has 0 atom stereocenters. The first-order valence-electron chi connectivity index (χ1n) is 10.5. The van der Waals surface area contributed by atoms with Crippen molar-refractivity contribution in [2.75, 3.05) is 31.9 Å². The van der Waals surface area contributed by atoms with Gasteiger partial charge in [-0.1, -0.05) is 31.2 Å². The van der Waals surface area contributed by atoms with Crippen LogP contribution in [-0.2, 0) is 16.1 Å². The maximum absolute atomic E-state index is 13.0. The lowest BCUT2D eigenvalue weighted by molar-refractivity contribution is -0.159. The molecule has 2 heterocycles. The molecule has 1 amide bonds. The zero-order valence-electron chi connectivity index (χ0n) is 18.2. The molecule has 0 bridgehead atoms. The molecule has 4 rings (SSSR count). The standard InChI is InChI=1S/C21H24N4OS.C2H2O4/c1-2-27-19-10-6-3-7-16(19)21(26)25-13-11-24(12-14-25)15-20-22-17-8-4-5-9-18(17)23-20;3-1(4)2(5)6/h3-10H,2,11-15H2,1H3,(H,22,23);(H,3,4)(H,5,6). The fraction of sp³-hybridized carbons (Fsp3) is 0.304. The van der Waals surface area contributed by atoms with Gasteiger partial charge in [0.05, 0.1) is 23.1 Å². The Hall–Kier alpha value is -3.37. The van der Waals surface area contributed by atoms with Crippen molar-refractivity contribution in [3.05, 3.63) is 59.9 Å². The van der Waals surface area contributed by atoms with E-state index in [2.05, 4.69) is 21.8 Å². The van der Waals surface area contributed by atoms with Gasteiger partial charge < -0.3 is 20.1 Å². The molecule has 1 fully saturated rings. The van der Waals surface area contributed by atoms with Crippen LogP contribution in [0.2, 0.25) is 0 Å². The van der Waals surface area contributed by atoms with Crippen LogP contribution in [0.1, 0.15) is 23.1 Å². The minimum absolute atomic E-state index is 0.148. The summed E-state index contributed by atoms with van der Waals surface area (Å²) in [6, 6.07) is 16.0. The number of aromatic nitrogens is 2. The van der Waals surface area contributed by atoms with Crippen LogP contribution < -0.4 is 0 Å². The molecular formula is C23H26N4O5S. The number of aromatic amines is 1. The fourth-order valence-electron chi connectivity index (χ4n) is 3.50. The van der Waals surface area contributed by atoms with Gasteiger partial charge >= 0.3 is 11.9 Å². The normalized spacial score (nSPS) is 13.9. The first kappa shape index (κ1) is 24.3. The summed E-state index contributed by atoms with van der Waals surface area (Å²) in [6.45, 7) is 6.15. The van der Waals surface area contributed by atoms with Gasteiger partial charge in [-0.2, -0.15) is 0 Å². The van der Waals surface area contributed by atoms with Crippen LogP contribution in [-0.4, -0.2) is 79.8 Å². The van der Waals surface area contributed by atoms with E-state index < -0.39 is 11.9 Å². The minimum Gasteiger partial charge on any atom is -0.473 e. The van der Waals surface area contributed by atoms with E-state index in [1.54, 1.807) is 11.8 Å². The van der Waals surface area contributed by atoms with E-state index in [4.69, 9.17) is 19.8 Å². The highest BCUT2D eigenvalue weighted by Gasteiger charge is 2.24. The summed E-state index contributed by atoms with van der Waals surface area (Å²) < 4.78 is 0. The second-order valence-electron chi connectivity index (χ2n) is 7.31. The maximum atomic E-state index is 13.0. The summed E-state index contributed by atoms with van der Waals surface area (Å²) in [4.78, 5) is 44.6. The molecule has 0 spiro atoms. The average Bonchev–Trinajstić information content (AvgIpc) is 3.22. The summed E-state index contributed by atoms with van der Waals surface area (Å²) in [5.74, 6) is -1.55. The third-order valence-corrected chi connectivity index (χ3v) is 6.03. The van der Waals surface area contributed by atoms with Gasteiger partial charge in [0, 0.05) is 31.1 Å². The zero-order chi connectivity index (χ0) is 23.8. The summed E-state index contributed by atoms with van der Waals surface area (Å²) >= 11 is 1.73. The molecule has 0 unspecified atom stereocenters. The molecule has 1 aliphatic heterocycles. The van der Waals surface area contributed by atoms with Gasteiger partial charge in [0.1, 0.15) is 5.82 Å². The first-order chi connectivity index (χ1) is 15.9. The molecule has 1 saturated heterocycles. The number of hydrogen-bond donors (Lipinski definition) is 3. The van der Waals surface area contributed by atoms with Gasteiger partial charge in [-0.25, -0.2) is 14.6 Å². The largest absolute Gasteiger partial charge is 0.473 e. The molecule has 2 aromatic carbocycles. The Morgan fingerprint density at radius 1 is 0.970 bits per heavy atom. The molecule has 0 radical (unpaired) electrons. The quantitative estimate of drug-likeness (QED) is 0.384. The van der Waals surface area contributed by atoms with Crippen LogP contribution in [0.3, 0.4) is 0 Å². The van der Waals surface area contributed by atoms with Crippen molar-refractivity contribution in [2.45, 2.75) is 18.4 Å². The smallest absolute Gasteiger partial charge is 0.414 e. The number of nitrogens with one attached hydrogen (secondary N) is 1. The molecular weight excluding hydrogens is 444 g/mol. The van der Waals surface area contributed by atoms with Crippen LogP contribution in [0.15, 0.2) is 53.4 Å². The Balaban J connectivity index is 0.000000454. The van der Waals surface area contributed by atoms with E-state index in [-0.39, 0.29) is 5.91 Å². The Morgan fingerprint density at radius 3 is 2.24 bits per heavy atom. The van der Waals surface area contributed by atoms with E-state index in [9.17, 15) is 4.79 Å². The van der Waals surface area contributed by atoms with Crippen molar-refractivity contribution in [1.82, 2.24) is 19.8 Å². The van der Waals surface area contributed by atoms with Crippen LogP contribution in [0, 0.1) is 0 Å². The van der Waals surface area contributed by atoms with Crippen molar-refractivity contribution >= 4 is 40.6 Å².